The predicted octanol–water partition coefficient (Wildman–Crippen LogP) is 4.76. The van der Waals surface area contributed by atoms with Crippen molar-refractivity contribution in [3.63, 3.8) is 0 Å². The van der Waals surface area contributed by atoms with E-state index in [1.165, 1.54) is 12.1 Å². The van der Waals surface area contributed by atoms with E-state index < -0.39 is 11.7 Å². The van der Waals surface area contributed by atoms with Crippen LogP contribution in [0.1, 0.15) is 21.6 Å². The molecular weight excluding hydrogens is 319 g/mol. The van der Waals surface area contributed by atoms with E-state index >= 15 is 0 Å². The average Bonchev–Trinajstić information content (AvgIpc) is 2.88. The van der Waals surface area contributed by atoms with Crippen LogP contribution in [0.25, 0.3) is 10.9 Å². The van der Waals surface area contributed by atoms with Gasteiger partial charge in [0.05, 0.1) is 5.56 Å². The minimum Gasteiger partial charge on any atom is -0.485 e. The number of rotatable bonds is 4. The molecule has 0 unspecified atom stereocenters. The molecule has 1 aromatic heterocycles. The number of ether oxygens (including phenoxy) is 1. The van der Waals surface area contributed by atoms with Gasteiger partial charge >= 0.3 is 6.18 Å². The Balaban J connectivity index is 1.74. The zero-order valence-corrected chi connectivity index (χ0v) is 12.8. The molecule has 0 bridgehead atoms. The van der Waals surface area contributed by atoms with Crippen LogP contribution in [-0.2, 0) is 6.18 Å². The first-order chi connectivity index (χ1) is 11.4. The highest BCUT2D eigenvalue weighted by atomic mass is 19.4. The molecule has 0 saturated carbocycles. The fourth-order valence-electron chi connectivity index (χ4n) is 2.60. The van der Waals surface area contributed by atoms with E-state index in [1.807, 2.05) is 24.3 Å². The Bertz CT molecular complexity index is 879. The summed E-state index contributed by atoms with van der Waals surface area (Å²) < 4.78 is 42.9. The third-order valence-corrected chi connectivity index (χ3v) is 3.72. The van der Waals surface area contributed by atoms with Crippen LogP contribution in [0.3, 0.4) is 0 Å². The Labute approximate surface area is 136 Å². The molecule has 1 N–H and O–H groups in total. The lowest BCUT2D eigenvalue weighted by atomic mass is 10.1. The van der Waals surface area contributed by atoms with Crippen molar-refractivity contribution in [1.82, 2.24) is 4.98 Å². The monoisotopic (exact) mass is 333 g/mol. The van der Waals surface area contributed by atoms with Crippen LogP contribution < -0.4 is 4.74 Å². The molecule has 3 nitrogen and oxygen atoms in total. The number of nitrogens with one attached hydrogen (secondary N) is 1. The van der Waals surface area contributed by atoms with Gasteiger partial charge in [0.2, 0.25) is 5.78 Å². The number of halogens is 3. The van der Waals surface area contributed by atoms with Crippen LogP contribution in [0, 0.1) is 6.92 Å². The van der Waals surface area contributed by atoms with Crippen molar-refractivity contribution in [2.24, 2.45) is 0 Å². The number of aryl methyl sites for hydroxylation is 1. The van der Waals surface area contributed by atoms with E-state index in [0.717, 1.165) is 28.7 Å². The van der Waals surface area contributed by atoms with Gasteiger partial charge in [0.1, 0.15) is 5.75 Å². The van der Waals surface area contributed by atoms with Gasteiger partial charge in [-0.1, -0.05) is 18.2 Å². The highest BCUT2D eigenvalue weighted by Crippen LogP contribution is 2.30. The van der Waals surface area contributed by atoms with Gasteiger partial charge in [0.25, 0.3) is 0 Å². The molecule has 0 aliphatic carbocycles. The lowest BCUT2D eigenvalue weighted by Crippen LogP contribution is -2.12. The number of aromatic amines is 1. The molecule has 0 spiro atoms. The molecule has 6 heteroatoms. The van der Waals surface area contributed by atoms with Crippen molar-refractivity contribution in [3.8, 4) is 5.75 Å². The standard InChI is InChI=1S/C18H14F3NO2/c1-11-17(14-4-2-3-5-15(14)22-11)16(23)10-24-13-8-6-12(7-9-13)18(19,20)21/h2-9,22H,10H2,1H3. The summed E-state index contributed by atoms with van der Waals surface area (Å²) in [7, 11) is 0. The quantitative estimate of drug-likeness (QED) is 0.700. The molecular formula is C18H14F3NO2. The van der Waals surface area contributed by atoms with Crippen LogP contribution in [0.4, 0.5) is 13.2 Å². The molecule has 124 valence electrons. The number of para-hydroxylation sites is 1. The summed E-state index contributed by atoms with van der Waals surface area (Å²) in [5.74, 6) is -0.0151. The lowest BCUT2D eigenvalue weighted by molar-refractivity contribution is -0.137. The van der Waals surface area contributed by atoms with Crippen molar-refractivity contribution >= 4 is 16.7 Å². The van der Waals surface area contributed by atoms with Gasteiger partial charge in [-0.25, -0.2) is 0 Å². The van der Waals surface area contributed by atoms with E-state index in [4.69, 9.17) is 4.74 Å². The van der Waals surface area contributed by atoms with Gasteiger partial charge in [-0.15, -0.1) is 0 Å². The number of aromatic nitrogens is 1. The minimum atomic E-state index is -4.39. The molecule has 2 aromatic carbocycles. The predicted molar refractivity (Wildman–Crippen MR) is 84.3 cm³/mol. The summed E-state index contributed by atoms with van der Waals surface area (Å²) in [6.45, 7) is 1.55. The number of Topliss-reactive ketones (excluding diaryl/α,β-unsaturated/α-hetero) is 1. The van der Waals surface area contributed by atoms with Crippen molar-refractivity contribution < 1.29 is 22.7 Å². The second-order valence-electron chi connectivity index (χ2n) is 5.40. The highest BCUT2D eigenvalue weighted by molar-refractivity contribution is 6.09. The molecule has 0 amide bonds. The molecule has 3 rings (SSSR count). The normalized spacial score (nSPS) is 11.7. The molecule has 0 aliphatic rings. The van der Waals surface area contributed by atoms with E-state index in [2.05, 4.69) is 4.98 Å². The van der Waals surface area contributed by atoms with E-state index in [-0.39, 0.29) is 18.1 Å². The Morgan fingerprint density at radius 2 is 1.75 bits per heavy atom. The summed E-state index contributed by atoms with van der Waals surface area (Å²) in [4.78, 5) is 15.5. The largest absolute Gasteiger partial charge is 0.485 e. The van der Waals surface area contributed by atoms with Crippen molar-refractivity contribution in [1.29, 1.82) is 0 Å². The van der Waals surface area contributed by atoms with Gasteiger partial charge in [-0.3, -0.25) is 4.79 Å². The first kappa shape index (κ1) is 16.1. The van der Waals surface area contributed by atoms with Crippen molar-refractivity contribution in [2.45, 2.75) is 13.1 Å². The number of alkyl halides is 3. The van der Waals surface area contributed by atoms with E-state index in [1.54, 1.807) is 6.92 Å². The minimum absolute atomic E-state index is 0.217. The Morgan fingerprint density at radius 3 is 2.42 bits per heavy atom. The molecule has 0 radical (unpaired) electrons. The molecule has 3 aromatic rings. The Morgan fingerprint density at radius 1 is 1.08 bits per heavy atom. The highest BCUT2D eigenvalue weighted by Gasteiger charge is 2.30. The summed E-state index contributed by atoms with van der Waals surface area (Å²) in [5.41, 5.74) is 1.37. The molecule has 1 heterocycles. The third-order valence-electron chi connectivity index (χ3n) is 3.72. The maximum Gasteiger partial charge on any atom is 0.416 e. The number of ketones is 1. The average molecular weight is 333 g/mol. The van der Waals surface area contributed by atoms with Gasteiger partial charge in [-0.2, -0.15) is 13.2 Å². The topological polar surface area (TPSA) is 42.1 Å². The number of fused-ring (bicyclic) bond motifs is 1. The Kier molecular flexibility index (Phi) is 4.05. The van der Waals surface area contributed by atoms with Gasteiger partial charge in [0, 0.05) is 22.2 Å². The molecule has 24 heavy (non-hydrogen) atoms. The number of carbonyl (C=O) groups is 1. The molecule has 0 atom stereocenters. The number of H-pyrrole nitrogens is 1. The summed E-state index contributed by atoms with van der Waals surface area (Å²) in [5, 5.41) is 0.802. The first-order valence-electron chi connectivity index (χ1n) is 7.27. The molecule has 0 fully saturated rings. The van der Waals surface area contributed by atoms with Gasteiger partial charge in [-0.05, 0) is 37.3 Å². The maximum absolute atomic E-state index is 12.5. The van der Waals surface area contributed by atoms with Crippen LogP contribution >= 0.6 is 0 Å². The number of carbonyl (C=O) groups excluding carboxylic acids is 1. The number of benzene rings is 2. The smallest absolute Gasteiger partial charge is 0.416 e. The molecule has 0 aliphatic heterocycles. The molecule has 0 saturated heterocycles. The van der Waals surface area contributed by atoms with E-state index in [0.29, 0.717) is 5.56 Å². The van der Waals surface area contributed by atoms with Crippen LogP contribution in [0.5, 0.6) is 5.75 Å². The zero-order chi connectivity index (χ0) is 17.3. The number of hydrogen-bond donors (Lipinski definition) is 1. The first-order valence-corrected chi connectivity index (χ1v) is 7.27. The SMILES string of the molecule is Cc1[nH]c2ccccc2c1C(=O)COc1ccc(C(F)(F)F)cc1. The van der Waals surface area contributed by atoms with Crippen LogP contribution in [-0.4, -0.2) is 17.4 Å². The Hall–Kier alpha value is -2.76. The van der Waals surface area contributed by atoms with Gasteiger partial charge in [0.15, 0.2) is 6.61 Å². The fourth-order valence-corrected chi connectivity index (χ4v) is 2.60. The summed E-state index contributed by atoms with van der Waals surface area (Å²) in [6.07, 6.45) is -4.39. The second-order valence-corrected chi connectivity index (χ2v) is 5.40. The second kappa shape index (κ2) is 6.03. The van der Waals surface area contributed by atoms with Crippen LogP contribution in [0.15, 0.2) is 48.5 Å². The third kappa shape index (κ3) is 3.13. The zero-order valence-electron chi connectivity index (χ0n) is 12.8. The fraction of sp³-hybridized carbons (Fsp3) is 0.167. The number of hydrogen-bond acceptors (Lipinski definition) is 2. The van der Waals surface area contributed by atoms with E-state index in [9.17, 15) is 18.0 Å². The van der Waals surface area contributed by atoms with Crippen molar-refractivity contribution in [3.05, 3.63) is 65.4 Å². The van der Waals surface area contributed by atoms with Crippen LogP contribution in [0.2, 0.25) is 0 Å². The lowest BCUT2D eigenvalue weighted by Gasteiger charge is -2.09. The maximum atomic E-state index is 12.5. The van der Waals surface area contributed by atoms with Crippen molar-refractivity contribution in [2.75, 3.05) is 6.61 Å². The summed E-state index contributed by atoms with van der Waals surface area (Å²) >= 11 is 0. The van der Waals surface area contributed by atoms with Gasteiger partial charge < -0.3 is 9.72 Å². The summed E-state index contributed by atoms with van der Waals surface area (Å²) in [6, 6.07) is 11.7.